The van der Waals surface area contributed by atoms with Crippen LogP contribution in [0, 0.1) is 0 Å². The number of carbonyl (C=O) groups is 2. The highest BCUT2D eigenvalue weighted by Gasteiger charge is 2.20. The van der Waals surface area contributed by atoms with Gasteiger partial charge < -0.3 is 14.9 Å². The fraction of sp³-hybridized carbons (Fsp3) is 0.429. The topological polar surface area (TPSA) is 83.8 Å². The van der Waals surface area contributed by atoms with E-state index in [1.165, 1.54) is 24.3 Å². The zero-order valence-corrected chi connectivity index (χ0v) is 12.7. The molecule has 5 nitrogen and oxygen atoms in total. The molecule has 20 heavy (non-hydrogen) atoms. The summed E-state index contributed by atoms with van der Waals surface area (Å²) < 4.78 is 4.62. The van der Waals surface area contributed by atoms with Gasteiger partial charge in [-0.25, -0.2) is 4.79 Å². The van der Waals surface area contributed by atoms with Gasteiger partial charge in [-0.05, 0) is 18.9 Å². The van der Waals surface area contributed by atoms with E-state index in [0.717, 1.165) is 0 Å². The Morgan fingerprint density at radius 1 is 1.25 bits per heavy atom. The summed E-state index contributed by atoms with van der Waals surface area (Å²) in [7, 11) is 0. The fourth-order valence-electron chi connectivity index (χ4n) is 1.64. The minimum Gasteiger partial charge on any atom is -0.460 e. The van der Waals surface area contributed by atoms with Crippen LogP contribution in [0.4, 0.5) is 0 Å². The number of alkyl halides is 1. The first-order valence-electron chi connectivity index (χ1n) is 6.24. The van der Waals surface area contributed by atoms with Crippen LogP contribution < -0.4 is 0 Å². The molecule has 1 aromatic rings. The molecule has 0 aliphatic heterocycles. The number of benzene rings is 1. The van der Waals surface area contributed by atoms with Gasteiger partial charge in [-0.3, -0.25) is 4.79 Å². The van der Waals surface area contributed by atoms with Crippen LogP contribution in [0.15, 0.2) is 24.3 Å². The number of hydrogen-bond acceptors (Lipinski definition) is 5. The van der Waals surface area contributed by atoms with E-state index in [4.69, 9.17) is 0 Å². The second-order valence-electron chi connectivity index (χ2n) is 4.16. The van der Waals surface area contributed by atoms with E-state index < -0.39 is 24.0 Å². The van der Waals surface area contributed by atoms with E-state index in [0.29, 0.717) is 17.3 Å². The number of Topliss-reactive ketones (excluding diaryl/α,β-unsaturated/α-hetero) is 1. The molecule has 0 saturated heterocycles. The molecule has 1 aromatic carbocycles. The van der Waals surface area contributed by atoms with Crippen LogP contribution in [0.3, 0.4) is 0 Å². The summed E-state index contributed by atoms with van der Waals surface area (Å²) >= 11 is 3.18. The van der Waals surface area contributed by atoms with Crippen molar-refractivity contribution in [2.45, 2.75) is 25.6 Å². The average molecular weight is 345 g/mol. The van der Waals surface area contributed by atoms with Crippen molar-refractivity contribution in [2.24, 2.45) is 0 Å². The second kappa shape index (κ2) is 8.14. The third kappa shape index (κ3) is 4.40. The lowest BCUT2D eigenvalue weighted by molar-refractivity contribution is -0.137. The molecular formula is C14H17BrO5. The van der Waals surface area contributed by atoms with Crippen molar-refractivity contribution in [3.8, 4) is 0 Å². The number of aliphatic hydroxyl groups excluding tert-OH is 2. The predicted octanol–water partition coefficient (Wildman–Crippen LogP) is 1.61. The zero-order valence-electron chi connectivity index (χ0n) is 11.1. The Labute approximate surface area is 125 Å². The summed E-state index contributed by atoms with van der Waals surface area (Å²) in [6.45, 7) is 1.76. The number of carbonyl (C=O) groups excluding carboxylic acids is 2. The van der Waals surface area contributed by atoms with Gasteiger partial charge in [0.2, 0.25) is 0 Å². The lowest BCUT2D eigenvalue weighted by Crippen LogP contribution is -2.19. The van der Waals surface area contributed by atoms with E-state index in [-0.39, 0.29) is 12.2 Å². The lowest BCUT2D eigenvalue weighted by Gasteiger charge is -2.17. The largest absolute Gasteiger partial charge is 0.460 e. The molecule has 0 spiro atoms. The third-order valence-corrected chi connectivity index (χ3v) is 3.20. The molecule has 2 unspecified atom stereocenters. The summed E-state index contributed by atoms with van der Waals surface area (Å²) in [5.41, 5.74) is 0.674. The molecule has 0 heterocycles. The molecule has 0 amide bonds. The monoisotopic (exact) mass is 344 g/mol. The van der Waals surface area contributed by atoms with Crippen molar-refractivity contribution in [1.82, 2.24) is 0 Å². The van der Waals surface area contributed by atoms with E-state index in [1.54, 1.807) is 6.92 Å². The molecule has 1 rings (SSSR count). The van der Waals surface area contributed by atoms with Crippen molar-refractivity contribution in [1.29, 1.82) is 0 Å². The van der Waals surface area contributed by atoms with Crippen LogP contribution in [0.5, 0.6) is 0 Å². The maximum absolute atomic E-state index is 11.7. The van der Waals surface area contributed by atoms with Crippen molar-refractivity contribution in [3.63, 3.8) is 0 Å². The van der Waals surface area contributed by atoms with E-state index in [2.05, 4.69) is 20.7 Å². The number of ether oxygens (including phenoxy) is 1. The highest BCUT2D eigenvalue weighted by atomic mass is 79.9. The first kappa shape index (κ1) is 16.8. The van der Waals surface area contributed by atoms with Gasteiger partial charge in [0.05, 0.1) is 12.7 Å². The standard InChI is InChI=1S/C14H17BrO5/c1-2-20-14(19)13(18)10-5-3-9(4-6-10)12(17)11(16)7-8-15/h3-6,11-12,16-17H,2,7-8H2,1H3. The van der Waals surface area contributed by atoms with Crippen LogP contribution in [0.1, 0.15) is 35.4 Å². The SMILES string of the molecule is CCOC(=O)C(=O)c1ccc(C(O)C(O)CCBr)cc1. The van der Waals surface area contributed by atoms with Gasteiger partial charge in [0.15, 0.2) is 0 Å². The molecule has 0 aromatic heterocycles. The maximum atomic E-state index is 11.7. The Bertz CT molecular complexity index is 457. The number of hydrogen-bond donors (Lipinski definition) is 2. The number of aliphatic hydroxyl groups is 2. The van der Waals surface area contributed by atoms with Gasteiger partial charge in [0.1, 0.15) is 6.10 Å². The van der Waals surface area contributed by atoms with Gasteiger partial charge in [-0.2, -0.15) is 0 Å². The third-order valence-electron chi connectivity index (χ3n) is 2.74. The molecule has 0 aliphatic rings. The van der Waals surface area contributed by atoms with E-state index >= 15 is 0 Å². The van der Waals surface area contributed by atoms with Crippen molar-refractivity contribution in [2.75, 3.05) is 11.9 Å². The van der Waals surface area contributed by atoms with E-state index in [1.807, 2.05) is 0 Å². The van der Waals surface area contributed by atoms with Gasteiger partial charge in [0, 0.05) is 10.9 Å². The average Bonchev–Trinajstić information content (AvgIpc) is 2.46. The highest BCUT2D eigenvalue weighted by molar-refractivity contribution is 9.09. The number of esters is 1. The number of halogens is 1. The second-order valence-corrected chi connectivity index (χ2v) is 4.95. The van der Waals surface area contributed by atoms with Crippen LogP contribution >= 0.6 is 15.9 Å². The molecule has 2 N–H and O–H groups in total. The smallest absolute Gasteiger partial charge is 0.379 e. The quantitative estimate of drug-likeness (QED) is 0.340. The molecule has 2 atom stereocenters. The summed E-state index contributed by atoms with van der Waals surface area (Å²) in [6.07, 6.45) is -1.51. The van der Waals surface area contributed by atoms with Crippen LogP contribution in [0.25, 0.3) is 0 Å². The van der Waals surface area contributed by atoms with Crippen LogP contribution in [-0.2, 0) is 9.53 Å². The molecule has 110 valence electrons. The van der Waals surface area contributed by atoms with Crippen LogP contribution in [-0.4, -0.2) is 40.0 Å². The zero-order chi connectivity index (χ0) is 15.1. The predicted molar refractivity (Wildman–Crippen MR) is 76.8 cm³/mol. The number of rotatable bonds is 7. The highest BCUT2D eigenvalue weighted by Crippen LogP contribution is 2.20. The Kier molecular flexibility index (Phi) is 6.84. The lowest BCUT2D eigenvalue weighted by atomic mass is 10.0. The molecular weight excluding hydrogens is 328 g/mol. The molecule has 6 heteroatoms. The molecule has 0 bridgehead atoms. The minimum absolute atomic E-state index is 0.139. The fourth-order valence-corrected chi connectivity index (χ4v) is 2.11. The molecule has 0 aliphatic carbocycles. The normalized spacial score (nSPS) is 13.6. The summed E-state index contributed by atoms with van der Waals surface area (Å²) in [5.74, 6) is -1.63. The van der Waals surface area contributed by atoms with Gasteiger partial charge in [0.25, 0.3) is 5.78 Å². The molecule has 0 radical (unpaired) electrons. The maximum Gasteiger partial charge on any atom is 0.379 e. The molecule has 0 fully saturated rings. The molecule has 0 saturated carbocycles. The minimum atomic E-state index is -1.03. The van der Waals surface area contributed by atoms with Crippen LogP contribution in [0.2, 0.25) is 0 Å². The Balaban J connectivity index is 2.78. The Hall–Kier alpha value is -1.24. The first-order chi connectivity index (χ1) is 9.51. The van der Waals surface area contributed by atoms with Gasteiger partial charge in [-0.1, -0.05) is 40.2 Å². The van der Waals surface area contributed by atoms with Gasteiger partial charge >= 0.3 is 5.97 Å². The van der Waals surface area contributed by atoms with Crippen molar-refractivity contribution >= 4 is 27.7 Å². The first-order valence-corrected chi connectivity index (χ1v) is 7.36. The van der Waals surface area contributed by atoms with E-state index in [9.17, 15) is 19.8 Å². The van der Waals surface area contributed by atoms with Crippen molar-refractivity contribution < 1.29 is 24.5 Å². The summed E-state index contributed by atoms with van der Waals surface area (Å²) in [6, 6.07) is 5.88. The van der Waals surface area contributed by atoms with Crippen molar-refractivity contribution in [3.05, 3.63) is 35.4 Å². The van der Waals surface area contributed by atoms with Gasteiger partial charge in [-0.15, -0.1) is 0 Å². The number of ketones is 1. The Morgan fingerprint density at radius 3 is 2.35 bits per heavy atom. The summed E-state index contributed by atoms with van der Waals surface area (Å²) in [4.78, 5) is 22.9. The summed E-state index contributed by atoms with van der Waals surface area (Å²) in [5, 5.41) is 20.2. The Morgan fingerprint density at radius 2 is 1.85 bits per heavy atom.